The maximum Gasteiger partial charge on any atom is 0.0147 e. The highest BCUT2D eigenvalue weighted by molar-refractivity contribution is 7.98. The zero-order valence-electron chi connectivity index (χ0n) is 13.8. The Labute approximate surface area is 143 Å². The molecule has 0 bridgehead atoms. The molecule has 3 aromatic rings. The summed E-state index contributed by atoms with van der Waals surface area (Å²) < 4.78 is 0. The van der Waals surface area contributed by atoms with Crippen molar-refractivity contribution in [2.45, 2.75) is 11.8 Å². The molecule has 0 fully saturated rings. The zero-order chi connectivity index (χ0) is 16.7. The predicted molar refractivity (Wildman–Crippen MR) is 107 cm³/mol. The lowest BCUT2D eigenvalue weighted by Gasteiger charge is -2.05. The smallest absolute Gasteiger partial charge is 0.0147 e. The summed E-state index contributed by atoms with van der Waals surface area (Å²) in [4.78, 5) is 1.25. The van der Waals surface area contributed by atoms with Crippen LogP contribution in [0.4, 0.5) is 0 Å². The summed E-state index contributed by atoms with van der Waals surface area (Å²) in [6, 6.07) is 21.0. The van der Waals surface area contributed by atoms with E-state index >= 15 is 0 Å². The third-order valence-corrected chi connectivity index (χ3v) is 4.55. The van der Waals surface area contributed by atoms with Crippen molar-refractivity contribution in [3.63, 3.8) is 0 Å². The lowest BCUT2D eigenvalue weighted by molar-refractivity contribution is 1.41. The predicted octanol–water partition coefficient (Wildman–Crippen LogP) is 6.84. The molecule has 0 amide bonds. The van der Waals surface area contributed by atoms with Gasteiger partial charge in [-0.25, -0.2) is 0 Å². The van der Waals surface area contributed by atoms with Crippen molar-refractivity contribution in [3.05, 3.63) is 90.5 Å². The van der Waals surface area contributed by atoms with Crippen LogP contribution in [0.2, 0.25) is 0 Å². The summed E-state index contributed by atoms with van der Waals surface area (Å²) in [7, 11) is 0. The van der Waals surface area contributed by atoms with Gasteiger partial charge in [0.05, 0.1) is 0 Å². The third kappa shape index (κ3) is 4.14. The van der Waals surface area contributed by atoms with Gasteiger partial charge in [0.25, 0.3) is 0 Å². The first kappa shape index (κ1) is 17.1. The Bertz CT molecular complexity index is 810. The topological polar surface area (TPSA) is 0 Å². The molecular weight excluding hydrogens is 296 g/mol. The molecule has 116 valence electrons. The van der Waals surface area contributed by atoms with E-state index in [1.165, 1.54) is 26.8 Å². The minimum Gasteiger partial charge on any atom is -0.129 e. The quantitative estimate of drug-likeness (QED) is 0.476. The molecule has 0 radical (unpaired) electrons. The molecule has 0 aromatic heterocycles. The van der Waals surface area contributed by atoms with Crippen LogP contribution in [0.15, 0.2) is 78.7 Å². The van der Waals surface area contributed by atoms with Crippen LogP contribution < -0.4 is 0 Å². The number of benzene rings is 3. The van der Waals surface area contributed by atoms with Gasteiger partial charge in [-0.05, 0) is 46.7 Å². The first-order valence-electron chi connectivity index (χ1n) is 7.57. The minimum atomic E-state index is 1.15. The largest absolute Gasteiger partial charge is 0.129 e. The first-order chi connectivity index (χ1) is 11.2. The summed E-state index contributed by atoms with van der Waals surface area (Å²) in [5.74, 6) is 0. The normalized spacial score (nSPS) is 9.83. The molecule has 0 unspecified atom stereocenters. The van der Waals surface area contributed by atoms with Crippen molar-refractivity contribution >= 4 is 34.7 Å². The van der Waals surface area contributed by atoms with Gasteiger partial charge in [-0.2, -0.15) is 0 Å². The average molecular weight is 318 g/mol. The average Bonchev–Trinajstić information content (AvgIpc) is 2.62. The van der Waals surface area contributed by atoms with Gasteiger partial charge in [0.15, 0.2) is 0 Å². The van der Waals surface area contributed by atoms with Crippen LogP contribution in [0.25, 0.3) is 22.9 Å². The Kier molecular flexibility index (Phi) is 6.25. The molecule has 0 spiro atoms. The number of hydrogen-bond donors (Lipinski definition) is 0. The second-order valence-corrected chi connectivity index (χ2v) is 6.02. The lowest BCUT2D eigenvalue weighted by atomic mass is 10.1. The molecular formula is C22H22S. The Hall–Kier alpha value is -2.25. The molecule has 0 saturated heterocycles. The number of thioether (sulfide) groups is 1. The maximum atomic E-state index is 3.79. The molecule has 0 aliphatic heterocycles. The van der Waals surface area contributed by atoms with Gasteiger partial charge >= 0.3 is 0 Å². The molecule has 0 heterocycles. The van der Waals surface area contributed by atoms with Crippen LogP contribution in [-0.2, 0) is 0 Å². The molecule has 3 aromatic carbocycles. The van der Waals surface area contributed by atoms with Crippen molar-refractivity contribution in [1.82, 2.24) is 0 Å². The summed E-state index contributed by atoms with van der Waals surface area (Å²) >= 11 is 1.73. The molecule has 0 atom stereocenters. The van der Waals surface area contributed by atoms with Crippen LogP contribution in [0.5, 0.6) is 0 Å². The first-order valence-corrected chi connectivity index (χ1v) is 8.80. The Morgan fingerprint density at radius 3 is 2.17 bits per heavy atom. The van der Waals surface area contributed by atoms with E-state index in [1.54, 1.807) is 11.8 Å². The highest BCUT2D eigenvalue weighted by atomic mass is 32.2. The van der Waals surface area contributed by atoms with Crippen molar-refractivity contribution in [3.8, 4) is 0 Å². The van der Waals surface area contributed by atoms with Crippen molar-refractivity contribution < 1.29 is 0 Å². The highest BCUT2D eigenvalue weighted by Gasteiger charge is 2.00. The molecule has 0 N–H and O–H groups in total. The molecule has 23 heavy (non-hydrogen) atoms. The van der Waals surface area contributed by atoms with E-state index in [4.69, 9.17) is 0 Å². The van der Waals surface area contributed by atoms with E-state index in [9.17, 15) is 0 Å². The van der Waals surface area contributed by atoms with Gasteiger partial charge in [-0.3, -0.25) is 0 Å². The number of hydrogen-bond acceptors (Lipinski definition) is 1. The highest BCUT2D eigenvalue weighted by Crippen LogP contribution is 2.25. The Balaban J connectivity index is 0.000000167. The molecule has 1 heteroatoms. The van der Waals surface area contributed by atoms with Gasteiger partial charge in [-0.1, -0.05) is 79.9 Å². The van der Waals surface area contributed by atoms with Crippen LogP contribution >= 0.6 is 11.8 Å². The molecule has 0 aliphatic rings. The molecule has 0 nitrogen and oxygen atoms in total. The third-order valence-electron chi connectivity index (χ3n) is 3.75. The summed E-state index contributed by atoms with van der Waals surface area (Å²) in [6.45, 7) is 9.69. The fourth-order valence-electron chi connectivity index (χ4n) is 2.52. The fourth-order valence-corrected chi connectivity index (χ4v) is 3.16. The fraction of sp³-hybridized carbons (Fsp3) is 0.0909. The Morgan fingerprint density at radius 1 is 0.826 bits per heavy atom. The standard InChI is InChI=1S/C11H12S.C11H10/c1-4-9-7-6-8-11(12-3)10(9)5-2;1-9-5-4-7-10-6-2-3-8-11(9)10/h4-8H,1-2H2,3H3;2-8H,1H3. The van der Waals surface area contributed by atoms with E-state index in [0.717, 1.165) is 5.56 Å². The maximum absolute atomic E-state index is 3.79. The molecule has 0 saturated carbocycles. The number of aryl methyl sites for hydroxylation is 1. The van der Waals surface area contributed by atoms with Gasteiger partial charge in [0.1, 0.15) is 0 Å². The van der Waals surface area contributed by atoms with Crippen molar-refractivity contribution in [2.75, 3.05) is 6.26 Å². The van der Waals surface area contributed by atoms with Crippen LogP contribution in [-0.4, -0.2) is 6.26 Å². The van der Waals surface area contributed by atoms with E-state index in [1.807, 2.05) is 24.3 Å². The molecule has 3 rings (SSSR count). The van der Waals surface area contributed by atoms with Gasteiger partial charge in [-0.15, -0.1) is 11.8 Å². The minimum absolute atomic E-state index is 1.15. The van der Waals surface area contributed by atoms with Crippen molar-refractivity contribution in [2.24, 2.45) is 0 Å². The second kappa shape index (κ2) is 8.40. The van der Waals surface area contributed by atoms with Gasteiger partial charge in [0, 0.05) is 4.90 Å². The van der Waals surface area contributed by atoms with E-state index in [2.05, 4.69) is 74.9 Å². The van der Waals surface area contributed by atoms with E-state index in [0.29, 0.717) is 0 Å². The summed E-state index contributed by atoms with van der Waals surface area (Å²) in [5.41, 5.74) is 3.68. The van der Waals surface area contributed by atoms with Crippen LogP contribution in [0.3, 0.4) is 0 Å². The van der Waals surface area contributed by atoms with E-state index < -0.39 is 0 Å². The lowest BCUT2D eigenvalue weighted by Crippen LogP contribution is -1.83. The number of fused-ring (bicyclic) bond motifs is 1. The Morgan fingerprint density at radius 2 is 1.52 bits per heavy atom. The molecule has 0 aliphatic carbocycles. The number of rotatable bonds is 3. The zero-order valence-corrected chi connectivity index (χ0v) is 14.6. The SMILES string of the molecule is C=Cc1cccc(SC)c1C=C.Cc1cccc2ccccc12. The second-order valence-electron chi connectivity index (χ2n) is 5.17. The van der Waals surface area contributed by atoms with Crippen LogP contribution in [0.1, 0.15) is 16.7 Å². The summed E-state index contributed by atoms with van der Waals surface area (Å²) in [5, 5.41) is 2.68. The van der Waals surface area contributed by atoms with Gasteiger partial charge in [0.2, 0.25) is 0 Å². The van der Waals surface area contributed by atoms with E-state index in [-0.39, 0.29) is 0 Å². The van der Waals surface area contributed by atoms with Gasteiger partial charge < -0.3 is 0 Å². The summed E-state index contributed by atoms with van der Waals surface area (Å²) in [6.07, 6.45) is 5.80. The van der Waals surface area contributed by atoms with Crippen molar-refractivity contribution in [1.29, 1.82) is 0 Å². The monoisotopic (exact) mass is 318 g/mol. The van der Waals surface area contributed by atoms with Crippen LogP contribution in [0, 0.1) is 6.92 Å².